The van der Waals surface area contributed by atoms with E-state index in [0.717, 1.165) is 0 Å². The van der Waals surface area contributed by atoms with Gasteiger partial charge in [-0.25, -0.2) is 0 Å². The van der Waals surface area contributed by atoms with Crippen LogP contribution in [0.2, 0.25) is 0 Å². The van der Waals surface area contributed by atoms with Crippen molar-refractivity contribution in [2.24, 2.45) is 10.8 Å². The lowest BCUT2D eigenvalue weighted by atomic mass is 9.58. The van der Waals surface area contributed by atoms with Crippen LogP contribution in [0, 0.1) is 10.8 Å². The van der Waals surface area contributed by atoms with Crippen molar-refractivity contribution in [1.82, 2.24) is 0 Å². The quantitative estimate of drug-likeness (QED) is 0.639. The normalized spacial score (nSPS) is 31.6. The van der Waals surface area contributed by atoms with Crippen LogP contribution in [0.3, 0.4) is 0 Å². The van der Waals surface area contributed by atoms with Crippen molar-refractivity contribution >= 4 is 17.5 Å². The lowest BCUT2D eigenvalue weighted by Gasteiger charge is -2.43. The van der Waals surface area contributed by atoms with Gasteiger partial charge >= 0.3 is 5.97 Å². The first-order valence-corrected chi connectivity index (χ1v) is 4.50. The first kappa shape index (κ1) is 10.9. The zero-order valence-electron chi connectivity index (χ0n) is 8.59. The smallest absolute Gasteiger partial charge is 0.310 e. The van der Waals surface area contributed by atoms with Crippen molar-refractivity contribution in [3.63, 3.8) is 0 Å². The summed E-state index contributed by atoms with van der Waals surface area (Å²) in [5.41, 5.74) is -1.79. The minimum absolute atomic E-state index is 0.0225. The van der Waals surface area contributed by atoms with Gasteiger partial charge in [0.05, 0.1) is 5.41 Å². The summed E-state index contributed by atoms with van der Waals surface area (Å²) in [6.07, 6.45) is -0.164. The lowest BCUT2D eigenvalue weighted by molar-refractivity contribution is -0.164. The Balaban J connectivity index is 3.13. The van der Waals surface area contributed by atoms with Gasteiger partial charge in [-0.3, -0.25) is 14.4 Å². The second-order valence-corrected chi connectivity index (χ2v) is 4.72. The fraction of sp³-hybridized carbons (Fsp3) is 0.700. The van der Waals surface area contributed by atoms with Gasteiger partial charge in [0.25, 0.3) is 0 Å². The maximum Gasteiger partial charge on any atom is 0.310 e. The van der Waals surface area contributed by atoms with Crippen molar-refractivity contribution in [2.45, 2.75) is 33.6 Å². The largest absolute Gasteiger partial charge is 0.481 e. The molecule has 0 aliphatic heterocycles. The molecule has 1 saturated carbocycles. The summed E-state index contributed by atoms with van der Waals surface area (Å²) in [6, 6.07) is 0. The zero-order chi connectivity index (χ0) is 11.1. The number of rotatable bonds is 1. The van der Waals surface area contributed by atoms with Crippen molar-refractivity contribution < 1.29 is 19.5 Å². The first-order valence-electron chi connectivity index (χ1n) is 4.50. The average Bonchev–Trinajstić information content (AvgIpc) is 2.00. The van der Waals surface area contributed by atoms with E-state index in [1.54, 1.807) is 13.8 Å². The summed E-state index contributed by atoms with van der Waals surface area (Å²) < 4.78 is 0. The highest BCUT2D eigenvalue weighted by Gasteiger charge is 2.54. The number of carboxylic acids is 1. The van der Waals surface area contributed by atoms with Gasteiger partial charge in [-0.2, -0.15) is 0 Å². The predicted molar refractivity (Wildman–Crippen MR) is 48.8 cm³/mol. The third kappa shape index (κ3) is 1.35. The third-order valence-electron chi connectivity index (χ3n) is 3.39. The number of carbonyl (C=O) groups excluding carboxylic acids is 2. The maximum atomic E-state index is 11.2. The van der Waals surface area contributed by atoms with Crippen LogP contribution in [0.5, 0.6) is 0 Å². The average molecular weight is 198 g/mol. The highest BCUT2D eigenvalue weighted by Crippen LogP contribution is 2.47. The van der Waals surface area contributed by atoms with E-state index >= 15 is 0 Å². The maximum absolute atomic E-state index is 11.2. The standard InChI is InChI=1S/C10H14O4/c1-9(2)4-6(11)7(12)5-10(9,3)8(13)14/h4-5H2,1-3H3,(H,13,14). The Morgan fingerprint density at radius 2 is 1.57 bits per heavy atom. The minimum Gasteiger partial charge on any atom is -0.481 e. The molecule has 1 aliphatic carbocycles. The molecule has 0 aromatic heterocycles. The predicted octanol–water partition coefficient (Wildman–Crippen LogP) is 1.04. The molecule has 0 spiro atoms. The summed E-state index contributed by atoms with van der Waals surface area (Å²) in [4.78, 5) is 33.4. The highest BCUT2D eigenvalue weighted by atomic mass is 16.4. The lowest BCUT2D eigenvalue weighted by Crippen LogP contribution is -2.50. The van der Waals surface area contributed by atoms with E-state index in [9.17, 15) is 14.4 Å². The molecule has 0 heterocycles. The number of hydrogen-bond acceptors (Lipinski definition) is 3. The molecule has 0 bridgehead atoms. The van der Waals surface area contributed by atoms with Crippen LogP contribution in [-0.2, 0) is 14.4 Å². The molecule has 1 aliphatic rings. The Bertz CT molecular complexity index is 316. The van der Waals surface area contributed by atoms with E-state index in [2.05, 4.69) is 0 Å². The van der Waals surface area contributed by atoms with Crippen LogP contribution in [-0.4, -0.2) is 22.6 Å². The van der Waals surface area contributed by atoms with Gasteiger partial charge in [0.1, 0.15) is 0 Å². The van der Waals surface area contributed by atoms with Gasteiger partial charge in [0.15, 0.2) is 11.6 Å². The number of ketones is 2. The number of aliphatic carboxylic acids is 1. The summed E-state index contributed by atoms with van der Waals surface area (Å²) in [7, 11) is 0. The molecule has 78 valence electrons. The fourth-order valence-electron chi connectivity index (χ4n) is 1.72. The van der Waals surface area contributed by atoms with Gasteiger partial charge < -0.3 is 5.11 Å². The second kappa shape index (κ2) is 2.90. The molecule has 0 radical (unpaired) electrons. The molecule has 1 fully saturated rings. The molecule has 0 aromatic rings. The van der Waals surface area contributed by atoms with Crippen molar-refractivity contribution in [1.29, 1.82) is 0 Å². The molecule has 0 aromatic carbocycles. The molecule has 1 unspecified atom stereocenters. The van der Waals surface area contributed by atoms with E-state index in [0.29, 0.717) is 0 Å². The van der Waals surface area contributed by atoms with E-state index < -0.39 is 28.4 Å². The Kier molecular flexibility index (Phi) is 2.26. The van der Waals surface area contributed by atoms with Crippen LogP contribution in [0.4, 0.5) is 0 Å². The molecule has 1 atom stereocenters. The number of carbonyl (C=O) groups is 3. The first-order chi connectivity index (χ1) is 6.21. The zero-order valence-corrected chi connectivity index (χ0v) is 8.59. The fourth-order valence-corrected chi connectivity index (χ4v) is 1.72. The van der Waals surface area contributed by atoms with E-state index in [1.807, 2.05) is 0 Å². The van der Waals surface area contributed by atoms with Gasteiger partial charge in [0.2, 0.25) is 0 Å². The van der Waals surface area contributed by atoms with Crippen LogP contribution in [0.15, 0.2) is 0 Å². The summed E-state index contributed by atoms with van der Waals surface area (Å²) in [5, 5.41) is 9.07. The SMILES string of the molecule is CC1(C)CC(=O)C(=O)CC1(C)C(=O)O. The van der Waals surface area contributed by atoms with Crippen molar-refractivity contribution in [2.75, 3.05) is 0 Å². The Morgan fingerprint density at radius 3 is 2.00 bits per heavy atom. The third-order valence-corrected chi connectivity index (χ3v) is 3.39. The highest BCUT2D eigenvalue weighted by molar-refractivity contribution is 6.38. The van der Waals surface area contributed by atoms with E-state index in [4.69, 9.17) is 5.11 Å². The molecule has 0 amide bonds. The summed E-state index contributed by atoms with van der Waals surface area (Å²) in [6.45, 7) is 4.95. The molecule has 1 rings (SSSR count). The van der Waals surface area contributed by atoms with Crippen LogP contribution < -0.4 is 0 Å². The number of Topliss-reactive ketones (excluding diaryl/α,β-unsaturated/α-hetero) is 2. The minimum atomic E-state index is -1.13. The summed E-state index contributed by atoms with van der Waals surface area (Å²) in [5.74, 6) is -2.02. The molecule has 0 saturated heterocycles. The molecule has 14 heavy (non-hydrogen) atoms. The van der Waals surface area contributed by atoms with Crippen molar-refractivity contribution in [3.8, 4) is 0 Å². The molecule has 1 N–H and O–H groups in total. The second-order valence-electron chi connectivity index (χ2n) is 4.72. The monoisotopic (exact) mass is 198 g/mol. The van der Waals surface area contributed by atoms with Crippen molar-refractivity contribution in [3.05, 3.63) is 0 Å². The Morgan fingerprint density at radius 1 is 1.14 bits per heavy atom. The molecular formula is C10H14O4. The van der Waals surface area contributed by atoms with E-state index in [-0.39, 0.29) is 12.8 Å². The molecule has 4 heteroatoms. The van der Waals surface area contributed by atoms with Gasteiger partial charge in [0, 0.05) is 12.8 Å². The van der Waals surface area contributed by atoms with Crippen LogP contribution in [0.25, 0.3) is 0 Å². The number of carboxylic acid groups (broad SMARTS) is 1. The van der Waals surface area contributed by atoms with Crippen LogP contribution in [0.1, 0.15) is 33.6 Å². The number of hydrogen-bond donors (Lipinski definition) is 1. The molecule has 4 nitrogen and oxygen atoms in total. The molecular weight excluding hydrogens is 184 g/mol. The van der Waals surface area contributed by atoms with Gasteiger partial charge in [-0.1, -0.05) is 13.8 Å². The topological polar surface area (TPSA) is 71.4 Å². The van der Waals surface area contributed by atoms with Gasteiger partial charge in [-0.15, -0.1) is 0 Å². The Hall–Kier alpha value is -1.19. The van der Waals surface area contributed by atoms with Crippen LogP contribution >= 0.6 is 0 Å². The Labute approximate surface area is 82.3 Å². The van der Waals surface area contributed by atoms with Gasteiger partial charge in [-0.05, 0) is 12.3 Å². The summed E-state index contributed by atoms with van der Waals surface area (Å²) >= 11 is 0. The van der Waals surface area contributed by atoms with E-state index in [1.165, 1.54) is 6.92 Å².